The SMILES string of the molecule is O=C(O)C1(Cl)Nc2ccccc2C=C1Cl. The Morgan fingerprint density at radius 1 is 1.40 bits per heavy atom. The van der Waals surface area contributed by atoms with Gasteiger partial charge in [0.25, 0.3) is 0 Å². The Hall–Kier alpha value is -1.19. The first kappa shape index (κ1) is 10.3. The molecule has 3 nitrogen and oxygen atoms in total. The van der Waals surface area contributed by atoms with Gasteiger partial charge in [-0.2, -0.15) is 0 Å². The van der Waals surface area contributed by atoms with Crippen LogP contribution in [0.25, 0.3) is 6.08 Å². The number of fused-ring (bicyclic) bond motifs is 1. The largest absolute Gasteiger partial charge is 0.478 e. The van der Waals surface area contributed by atoms with E-state index in [9.17, 15) is 4.79 Å². The quantitative estimate of drug-likeness (QED) is 0.589. The van der Waals surface area contributed by atoms with E-state index >= 15 is 0 Å². The first-order valence-corrected chi connectivity index (χ1v) is 4.97. The highest BCUT2D eigenvalue weighted by Gasteiger charge is 2.42. The summed E-state index contributed by atoms with van der Waals surface area (Å²) >= 11 is 11.7. The molecular weight excluding hydrogens is 237 g/mol. The van der Waals surface area contributed by atoms with Gasteiger partial charge in [0.05, 0.1) is 5.03 Å². The van der Waals surface area contributed by atoms with Gasteiger partial charge in [-0.3, -0.25) is 0 Å². The van der Waals surface area contributed by atoms with E-state index in [-0.39, 0.29) is 5.03 Å². The zero-order valence-corrected chi connectivity index (χ0v) is 9.01. The van der Waals surface area contributed by atoms with E-state index < -0.39 is 11.0 Å². The van der Waals surface area contributed by atoms with E-state index in [0.717, 1.165) is 5.56 Å². The van der Waals surface area contributed by atoms with Crippen molar-refractivity contribution in [1.82, 2.24) is 0 Å². The number of aliphatic carboxylic acids is 1. The van der Waals surface area contributed by atoms with Gasteiger partial charge in [0.2, 0.25) is 5.00 Å². The molecule has 15 heavy (non-hydrogen) atoms. The Morgan fingerprint density at radius 2 is 2.07 bits per heavy atom. The Kier molecular flexibility index (Phi) is 2.37. The molecule has 1 aromatic rings. The van der Waals surface area contributed by atoms with Gasteiger partial charge >= 0.3 is 5.97 Å². The minimum Gasteiger partial charge on any atom is -0.478 e. The number of para-hydroxylation sites is 1. The van der Waals surface area contributed by atoms with Crippen molar-refractivity contribution in [2.75, 3.05) is 5.32 Å². The molecule has 0 radical (unpaired) electrons. The minimum absolute atomic E-state index is 0.0513. The maximum atomic E-state index is 11.0. The van der Waals surface area contributed by atoms with Crippen LogP contribution in [0.2, 0.25) is 0 Å². The number of halogens is 2. The maximum Gasteiger partial charge on any atom is 0.350 e. The number of hydrogen-bond acceptors (Lipinski definition) is 2. The van der Waals surface area contributed by atoms with Gasteiger partial charge in [0.1, 0.15) is 0 Å². The Morgan fingerprint density at radius 3 is 2.73 bits per heavy atom. The number of anilines is 1. The number of hydrogen-bond donors (Lipinski definition) is 2. The lowest BCUT2D eigenvalue weighted by Crippen LogP contribution is -2.42. The lowest BCUT2D eigenvalue weighted by molar-refractivity contribution is -0.138. The fourth-order valence-electron chi connectivity index (χ4n) is 1.37. The highest BCUT2D eigenvalue weighted by molar-refractivity contribution is 6.48. The van der Waals surface area contributed by atoms with Crippen molar-refractivity contribution in [3.63, 3.8) is 0 Å². The average molecular weight is 244 g/mol. The summed E-state index contributed by atoms with van der Waals surface area (Å²) < 4.78 is 0. The van der Waals surface area contributed by atoms with Crippen molar-refractivity contribution in [2.24, 2.45) is 0 Å². The van der Waals surface area contributed by atoms with Gasteiger partial charge in [0.15, 0.2) is 0 Å². The summed E-state index contributed by atoms with van der Waals surface area (Å²) in [6.45, 7) is 0. The highest BCUT2D eigenvalue weighted by atomic mass is 35.5. The molecule has 0 bridgehead atoms. The molecule has 1 heterocycles. The van der Waals surface area contributed by atoms with Crippen molar-refractivity contribution in [3.05, 3.63) is 34.9 Å². The molecule has 78 valence electrons. The number of alkyl halides is 1. The third-order valence-corrected chi connectivity index (χ3v) is 3.12. The van der Waals surface area contributed by atoms with Gasteiger partial charge in [-0.25, -0.2) is 4.79 Å². The normalized spacial score (nSPS) is 23.7. The molecule has 2 rings (SSSR count). The third kappa shape index (κ3) is 1.58. The molecule has 0 amide bonds. The fourth-order valence-corrected chi connectivity index (χ4v) is 1.78. The first-order valence-electron chi connectivity index (χ1n) is 4.21. The second kappa shape index (κ2) is 3.43. The van der Waals surface area contributed by atoms with E-state index in [0.29, 0.717) is 5.69 Å². The van der Waals surface area contributed by atoms with Crippen molar-refractivity contribution < 1.29 is 9.90 Å². The molecule has 0 aliphatic carbocycles. The van der Waals surface area contributed by atoms with E-state index in [1.54, 1.807) is 18.2 Å². The monoisotopic (exact) mass is 243 g/mol. The second-order valence-corrected chi connectivity index (χ2v) is 4.14. The molecule has 1 unspecified atom stereocenters. The second-order valence-electron chi connectivity index (χ2n) is 3.17. The van der Waals surface area contributed by atoms with Gasteiger partial charge < -0.3 is 10.4 Å². The molecule has 5 heteroatoms. The van der Waals surface area contributed by atoms with Gasteiger partial charge in [-0.1, -0.05) is 41.4 Å². The standard InChI is InChI=1S/C10H7Cl2NO2/c11-8-5-6-3-1-2-4-7(6)13-10(8,12)9(14)15/h1-5,13H,(H,14,15). The van der Waals surface area contributed by atoms with Crippen LogP contribution in [0.4, 0.5) is 5.69 Å². The Balaban J connectivity index is 2.53. The van der Waals surface area contributed by atoms with Crippen molar-refractivity contribution in [2.45, 2.75) is 5.00 Å². The summed E-state index contributed by atoms with van der Waals surface area (Å²) in [6.07, 6.45) is 1.55. The summed E-state index contributed by atoms with van der Waals surface area (Å²) in [4.78, 5) is 9.22. The average Bonchev–Trinajstić information content (AvgIpc) is 2.19. The van der Waals surface area contributed by atoms with Crippen LogP contribution >= 0.6 is 23.2 Å². The van der Waals surface area contributed by atoms with E-state index in [4.69, 9.17) is 28.3 Å². The summed E-state index contributed by atoms with van der Waals surface area (Å²) in [5, 5.41) is 11.7. The fraction of sp³-hybridized carbons (Fsp3) is 0.100. The number of benzene rings is 1. The van der Waals surface area contributed by atoms with Crippen molar-refractivity contribution >= 4 is 40.9 Å². The molecule has 1 aliphatic rings. The van der Waals surface area contributed by atoms with Gasteiger partial charge in [-0.15, -0.1) is 0 Å². The van der Waals surface area contributed by atoms with Gasteiger partial charge in [0, 0.05) is 5.69 Å². The molecule has 1 atom stereocenters. The van der Waals surface area contributed by atoms with Crippen LogP contribution in [-0.2, 0) is 4.79 Å². The van der Waals surface area contributed by atoms with E-state index in [2.05, 4.69) is 5.32 Å². The first-order chi connectivity index (χ1) is 7.04. The molecule has 1 aromatic carbocycles. The van der Waals surface area contributed by atoms with Crippen LogP contribution in [0.5, 0.6) is 0 Å². The number of rotatable bonds is 1. The van der Waals surface area contributed by atoms with Crippen LogP contribution in [0, 0.1) is 0 Å². The number of nitrogens with one attached hydrogen (secondary N) is 1. The molecular formula is C10H7Cl2NO2. The molecule has 0 saturated carbocycles. The highest BCUT2D eigenvalue weighted by Crippen LogP contribution is 2.38. The Labute approximate surface area is 96.3 Å². The molecule has 0 spiro atoms. The molecule has 1 aliphatic heterocycles. The minimum atomic E-state index is -1.75. The molecule has 2 N–H and O–H groups in total. The summed E-state index contributed by atoms with van der Waals surface area (Å²) in [5.41, 5.74) is 1.47. The summed E-state index contributed by atoms with van der Waals surface area (Å²) in [6, 6.07) is 7.19. The van der Waals surface area contributed by atoms with Crippen molar-refractivity contribution in [3.8, 4) is 0 Å². The third-order valence-electron chi connectivity index (χ3n) is 2.17. The lowest BCUT2D eigenvalue weighted by Gasteiger charge is -2.29. The zero-order valence-electron chi connectivity index (χ0n) is 7.50. The van der Waals surface area contributed by atoms with Crippen LogP contribution in [0.3, 0.4) is 0 Å². The number of carboxylic acids is 1. The topological polar surface area (TPSA) is 49.3 Å². The molecule has 0 saturated heterocycles. The smallest absolute Gasteiger partial charge is 0.350 e. The summed E-state index contributed by atoms with van der Waals surface area (Å²) in [7, 11) is 0. The predicted octanol–water partition coefficient (Wildman–Crippen LogP) is 2.71. The summed E-state index contributed by atoms with van der Waals surface area (Å²) in [5.74, 6) is -1.22. The van der Waals surface area contributed by atoms with Crippen molar-refractivity contribution in [1.29, 1.82) is 0 Å². The number of carbonyl (C=O) groups is 1. The predicted molar refractivity (Wildman–Crippen MR) is 60.1 cm³/mol. The van der Waals surface area contributed by atoms with E-state index in [1.165, 1.54) is 0 Å². The number of carboxylic acid groups (broad SMARTS) is 1. The maximum absolute atomic E-state index is 11.0. The van der Waals surface area contributed by atoms with Crippen LogP contribution in [0.1, 0.15) is 5.56 Å². The van der Waals surface area contributed by atoms with E-state index in [1.807, 2.05) is 12.1 Å². The van der Waals surface area contributed by atoms with Crippen LogP contribution in [0.15, 0.2) is 29.3 Å². The molecule has 0 fully saturated rings. The van der Waals surface area contributed by atoms with Crippen LogP contribution in [-0.4, -0.2) is 16.1 Å². The lowest BCUT2D eigenvalue weighted by atomic mass is 10.1. The van der Waals surface area contributed by atoms with Crippen LogP contribution < -0.4 is 5.32 Å². The zero-order chi connectivity index (χ0) is 11.1. The Bertz CT molecular complexity index is 458. The van der Waals surface area contributed by atoms with Gasteiger partial charge in [-0.05, 0) is 17.7 Å². The molecule has 0 aromatic heterocycles.